The van der Waals surface area contributed by atoms with Gasteiger partial charge in [-0.25, -0.2) is 0 Å². The zero-order chi connectivity index (χ0) is 16.0. The molecule has 0 fully saturated rings. The molecule has 1 aromatic carbocycles. The first-order valence-corrected chi connectivity index (χ1v) is 7.37. The molecule has 0 atom stereocenters. The molecule has 0 radical (unpaired) electrons. The number of aliphatic carboxylic acids is 1. The van der Waals surface area contributed by atoms with Crippen LogP contribution in [-0.4, -0.2) is 28.9 Å². The van der Waals surface area contributed by atoms with E-state index in [-0.39, 0.29) is 12.3 Å². The standard InChI is InChI=1S/C17H25NO3/c1-5-17(6-2,16(20)21)11-15(19)18(4)12-14-9-7-8-13(3)10-14/h7-10H,5-6,11-12H2,1-4H3,(H,20,21). The van der Waals surface area contributed by atoms with Gasteiger partial charge in [-0.1, -0.05) is 43.7 Å². The van der Waals surface area contributed by atoms with Crippen LogP contribution >= 0.6 is 0 Å². The van der Waals surface area contributed by atoms with Crippen LogP contribution in [0, 0.1) is 12.3 Å². The number of nitrogens with zero attached hydrogens (tertiary/aromatic N) is 1. The second kappa shape index (κ2) is 7.25. The van der Waals surface area contributed by atoms with E-state index in [1.54, 1.807) is 11.9 Å². The van der Waals surface area contributed by atoms with Crippen molar-refractivity contribution in [2.24, 2.45) is 5.41 Å². The number of carbonyl (C=O) groups is 2. The first-order valence-electron chi connectivity index (χ1n) is 7.37. The number of carboxylic acid groups (broad SMARTS) is 1. The Hall–Kier alpha value is -1.84. The Bertz CT molecular complexity index is 507. The van der Waals surface area contributed by atoms with Crippen molar-refractivity contribution in [1.29, 1.82) is 0 Å². The highest BCUT2D eigenvalue weighted by Crippen LogP contribution is 2.31. The number of benzene rings is 1. The minimum absolute atomic E-state index is 0.0532. The van der Waals surface area contributed by atoms with E-state index in [2.05, 4.69) is 0 Å². The SMILES string of the molecule is CCC(CC)(CC(=O)N(C)Cc1cccc(C)c1)C(=O)O. The normalized spacial score (nSPS) is 11.2. The quantitative estimate of drug-likeness (QED) is 0.839. The van der Waals surface area contributed by atoms with Gasteiger partial charge in [0.2, 0.25) is 5.91 Å². The van der Waals surface area contributed by atoms with E-state index in [4.69, 9.17) is 0 Å². The second-order valence-corrected chi connectivity index (χ2v) is 5.71. The molecule has 0 spiro atoms. The van der Waals surface area contributed by atoms with E-state index in [9.17, 15) is 14.7 Å². The summed E-state index contributed by atoms with van der Waals surface area (Å²) in [5, 5.41) is 9.41. The molecule has 1 aromatic rings. The van der Waals surface area contributed by atoms with Crippen LogP contribution < -0.4 is 0 Å². The Balaban J connectivity index is 2.76. The van der Waals surface area contributed by atoms with Gasteiger partial charge in [-0.3, -0.25) is 9.59 Å². The zero-order valence-corrected chi connectivity index (χ0v) is 13.3. The van der Waals surface area contributed by atoms with Gasteiger partial charge in [0.25, 0.3) is 0 Å². The Morgan fingerprint density at radius 2 is 1.86 bits per heavy atom. The van der Waals surface area contributed by atoms with Crippen LogP contribution in [0.25, 0.3) is 0 Å². The summed E-state index contributed by atoms with van der Waals surface area (Å²) in [6.45, 7) is 6.16. The summed E-state index contributed by atoms with van der Waals surface area (Å²) in [6, 6.07) is 7.98. The molecule has 0 aliphatic rings. The monoisotopic (exact) mass is 291 g/mol. The number of hydrogen-bond acceptors (Lipinski definition) is 2. The van der Waals surface area contributed by atoms with Crippen LogP contribution in [0.1, 0.15) is 44.2 Å². The Morgan fingerprint density at radius 3 is 2.33 bits per heavy atom. The van der Waals surface area contributed by atoms with Gasteiger partial charge in [0, 0.05) is 20.0 Å². The molecule has 1 N–H and O–H groups in total. The molecule has 0 saturated heterocycles. The smallest absolute Gasteiger partial charge is 0.310 e. The second-order valence-electron chi connectivity index (χ2n) is 5.71. The molecule has 4 heteroatoms. The fourth-order valence-electron chi connectivity index (χ4n) is 2.48. The zero-order valence-electron chi connectivity index (χ0n) is 13.3. The number of hydrogen-bond donors (Lipinski definition) is 1. The Labute approximate surface area is 126 Å². The third-order valence-corrected chi connectivity index (χ3v) is 4.22. The molecular weight excluding hydrogens is 266 g/mol. The molecule has 0 aromatic heterocycles. The van der Waals surface area contributed by atoms with Crippen molar-refractivity contribution in [3.8, 4) is 0 Å². The van der Waals surface area contributed by atoms with Crippen molar-refractivity contribution < 1.29 is 14.7 Å². The summed E-state index contributed by atoms with van der Waals surface area (Å²) in [7, 11) is 1.72. The van der Waals surface area contributed by atoms with E-state index >= 15 is 0 Å². The average Bonchev–Trinajstić information content (AvgIpc) is 2.44. The van der Waals surface area contributed by atoms with Crippen molar-refractivity contribution in [3.63, 3.8) is 0 Å². The summed E-state index contributed by atoms with van der Waals surface area (Å²) in [4.78, 5) is 25.4. The van der Waals surface area contributed by atoms with Crippen molar-refractivity contribution in [2.45, 2.75) is 46.6 Å². The predicted octanol–water partition coefficient (Wildman–Crippen LogP) is 3.23. The van der Waals surface area contributed by atoms with Crippen LogP contribution in [0.15, 0.2) is 24.3 Å². The lowest BCUT2D eigenvalue weighted by molar-refractivity contribution is -0.154. The number of carbonyl (C=O) groups excluding carboxylic acids is 1. The molecule has 0 bridgehead atoms. The molecule has 1 amide bonds. The maximum Gasteiger partial charge on any atom is 0.310 e. The third kappa shape index (κ3) is 4.31. The van der Waals surface area contributed by atoms with Gasteiger partial charge in [-0.15, -0.1) is 0 Å². The highest BCUT2D eigenvalue weighted by atomic mass is 16.4. The highest BCUT2D eigenvalue weighted by molar-refractivity contribution is 5.84. The Morgan fingerprint density at radius 1 is 1.24 bits per heavy atom. The van der Waals surface area contributed by atoms with Gasteiger partial charge in [0.1, 0.15) is 0 Å². The van der Waals surface area contributed by atoms with Crippen molar-refractivity contribution >= 4 is 11.9 Å². The summed E-state index contributed by atoms with van der Waals surface area (Å²) in [6.07, 6.45) is 0.976. The fourth-order valence-corrected chi connectivity index (χ4v) is 2.48. The highest BCUT2D eigenvalue weighted by Gasteiger charge is 2.37. The van der Waals surface area contributed by atoms with Crippen LogP contribution in [0.2, 0.25) is 0 Å². The van der Waals surface area contributed by atoms with Crippen LogP contribution in [0.4, 0.5) is 0 Å². The topological polar surface area (TPSA) is 57.6 Å². The van der Waals surface area contributed by atoms with E-state index in [0.29, 0.717) is 19.4 Å². The molecule has 4 nitrogen and oxygen atoms in total. The molecular formula is C17H25NO3. The van der Waals surface area contributed by atoms with Gasteiger partial charge in [0.05, 0.1) is 5.41 Å². The molecule has 0 aliphatic carbocycles. The van der Waals surface area contributed by atoms with Gasteiger partial charge in [-0.05, 0) is 25.3 Å². The Kier molecular flexibility index (Phi) is 5.94. The number of carboxylic acids is 1. The summed E-state index contributed by atoms with van der Waals surface area (Å²) in [5.74, 6) is -1.01. The lowest BCUT2D eigenvalue weighted by Gasteiger charge is -2.28. The van der Waals surface area contributed by atoms with Crippen LogP contribution in [0.3, 0.4) is 0 Å². The largest absolute Gasteiger partial charge is 0.481 e. The fraction of sp³-hybridized carbons (Fsp3) is 0.529. The van der Waals surface area contributed by atoms with Gasteiger partial charge >= 0.3 is 5.97 Å². The minimum atomic E-state index is -0.946. The third-order valence-electron chi connectivity index (χ3n) is 4.22. The molecule has 21 heavy (non-hydrogen) atoms. The lowest BCUT2D eigenvalue weighted by atomic mass is 9.79. The first kappa shape index (κ1) is 17.2. The van der Waals surface area contributed by atoms with E-state index in [0.717, 1.165) is 11.1 Å². The van der Waals surface area contributed by atoms with Crippen molar-refractivity contribution in [3.05, 3.63) is 35.4 Å². The van der Waals surface area contributed by atoms with Crippen LogP contribution in [0.5, 0.6) is 0 Å². The molecule has 0 saturated carbocycles. The maximum absolute atomic E-state index is 12.3. The average molecular weight is 291 g/mol. The summed E-state index contributed by atoms with van der Waals surface area (Å²) < 4.78 is 0. The number of aryl methyl sites for hydroxylation is 1. The number of amides is 1. The van der Waals surface area contributed by atoms with E-state index in [1.165, 1.54) is 0 Å². The molecule has 0 unspecified atom stereocenters. The maximum atomic E-state index is 12.3. The van der Waals surface area contributed by atoms with E-state index < -0.39 is 11.4 Å². The van der Waals surface area contributed by atoms with Gasteiger partial charge in [0.15, 0.2) is 0 Å². The number of rotatable bonds is 7. The lowest BCUT2D eigenvalue weighted by Crippen LogP contribution is -2.37. The molecule has 0 heterocycles. The van der Waals surface area contributed by atoms with Crippen LogP contribution in [-0.2, 0) is 16.1 Å². The molecule has 0 aliphatic heterocycles. The minimum Gasteiger partial charge on any atom is -0.481 e. The molecule has 116 valence electrons. The summed E-state index contributed by atoms with van der Waals surface area (Å²) in [5.41, 5.74) is 1.26. The summed E-state index contributed by atoms with van der Waals surface area (Å²) >= 11 is 0. The predicted molar refractivity (Wildman–Crippen MR) is 82.9 cm³/mol. The molecule has 1 rings (SSSR count). The first-order chi connectivity index (χ1) is 9.84. The van der Waals surface area contributed by atoms with Gasteiger partial charge in [-0.2, -0.15) is 0 Å². The van der Waals surface area contributed by atoms with Crippen molar-refractivity contribution in [1.82, 2.24) is 4.90 Å². The van der Waals surface area contributed by atoms with Gasteiger partial charge < -0.3 is 10.0 Å². The van der Waals surface area contributed by atoms with Crippen molar-refractivity contribution in [2.75, 3.05) is 7.05 Å². The van der Waals surface area contributed by atoms with E-state index in [1.807, 2.05) is 45.0 Å².